The molecule has 0 bridgehead atoms. The molecule has 0 heterocycles. The summed E-state index contributed by atoms with van der Waals surface area (Å²) in [5.74, 6) is 1.00. The number of carbonyl (C=O) groups excluding carboxylic acids is 1. The van der Waals surface area contributed by atoms with Gasteiger partial charge in [-0.1, -0.05) is 36.4 Å². The Balaban J connectivity index is 1.91. The van der Waals surface area contributed by atoms with Gasteiger partial charge in [-0.15, -0.1) is 0 Å². The molecule has 1 aliphatic rings. The van der Waals surface area contributed by atoms with E-state index in [2.05, 4.69) is 0 Å². The van der Waals surface area contributed by atoms with Crippen molar-refractivity contribution in [3.05, 3.63) is 54.1 Å². The van der Waals surface area contributed by atoms with Crippen molar-refractivity contribution in [2.24, 2.45) is 0 Å². The van der Waals surface area contributed by atoms with Gasteiger partial charge in [-0.25, -0.2) is 0 Å². The lowest BCUT2D eigenvalue weighted by Gasteiger charge is -2.09. The summed E-state index contributed by atoms with van der Waals surface area (Å²) in [6.45, 7) is 1.60. The Kier molecular flexibility index (Phi) is 3.08. The zero-order chi connectivity index (χ0) is 13.2. The summed E-state index contributed by atoms with van der Waals surface area (Å²) in [5, 5.41) is 0. The van der Waals surface area contributed by atoms with Crippen molar-refractivity contribution in [2.45, 2.75) is 25.9 Å². The SMILES string of the molecule is CC(=O)c1ccccc1-c1ccc(OC2CC2)cc1. The first-order valence-electron chi connectivity index (χ1n) is 6.61. The van der Waals surface area contributed by atoms with Crippen LogP contribution >= 0.6 is 0 Å². The van der Waals surface area contributed by atoms with Gasteiger partial charge in [0, 0.05) is 5.56 Å². The number of hydrogen-bond acceptors (Lipinski definition) is 2. The van der Waals surface area contributed by atoms with Gasteiger partial charge in [0.25, 0.3) is 0 Å². The summed E-state index contributed by atoms with van der Waals surface area (Å²) in [7, 11) is 0. The van der Waals surface area contributed by atoms with Crippen LogP contribution in [0.4, 0.5) is 0 Å². The van der Waals surface area contributed by atoms with Crippen molar-refractivity contribution in [2.75, 3.05) is 0 Å². The smallest absolute Gasteiger partial charge is 0.160 e. The minimum absolute atomic E-state index is 0.0916. The van der Waals surface area contributed by atoms with Crippen LogP contribution in [-0.4, -0.2) is 11.9 Å². The van der Waals surface area contributed by atoms with Crippen molar-refractivity contribution < 1.29 is 9.53 Å². The largest absolute Gasteiger partial charge is 0.490 e. The lowest BCUT2D eigenvalue weighted by atomic mass is 9.97. The van der Waals surface area contributed by atoms with E-state index in [1.54, 1.807) is 6.92 Å². The molecular weight excluding hydrogens is 236 g/mol. The molecule has 0 amide bonds. The van der Waals surface area contributed by atoms with Crippen LogP contribution in [0.15, 0.2) is 48.5 Å². The number of benzene rings is 2. The molecule has 19 heavy (non-hydrogen) atoms. The van der Waals surface area contributed by atoms with Crippen LogP contribution < -0.4 is 4.74 Å². The maximum absolute atomic E-state index is 11.6. The number of carbonyl (C=O) groups is 1. The predicted molar refractivity (Wildman–Crippen MR) is 75.5 cm³/mol. The van der Waals surface area contributed by atoms with Crippen LogP contribution in [0.1, 0.15) is 30.1 Å². The summed E-state index contributed by atoms with van der Waals surface area (Å²) < 4.78 is 5.73. The van der Waals surface area contributed by atoms with E-state index in [-0.39, 0.29) is 5.78 Å². The molecule has 0 aliphatic heterocycles. The maximum atomic E-state index is 11.6. The van der Waals surface area contributed by atoms with Gasteiger partial charge in [-0.05, 0) is 43.0 Å². The Morgan fingerprint density at radius 2 is 1.74 bits per heavy atom. The highest BCUT2D eigenvalue weighted by molar-refractivity contribution is 6.00. The van der Waals surface area contributed by atoms with Crippen molar-refractivity contribution >= 4 is 5.78 Å². The van der Waals surface area contributed by atoms with E-state index in [0.29, 0.717) is 6.10 Å². The summed E-state index contributed by atoms with van der Waals surface area (Å²) in [6, 6.07) is 15.7. The average Bonchev–Trinajstić information content (AvgIpc) is 3.23. The van der Waals surface area contributed by atoms with Crippen LogP contribution in [0.25, 0.3) is 11.1 Å². The fourth-order valence-corrected chi connectivity index (χ4v) is 2.13. The quantitative estimate of drug-likeness (QED) is 0.766. The molecule has 3 rings (SSSR count). The van der Waals surface area contributed by atoms with E-state index >= 15 is 0 Å². The second-order valence-electron chi connectivity index (χ2n) is 4.94. The summed E-state index contributed by atoms with van der Waals surface area (Å²) in [6.07, 6.45) is 2.74. The van der Waals surface area contributed by atoms with Gasteiger partial charge in [0.1, 0.15) is 5.75 Å². The third-order valence-electron chi connectivity index (χ3n) is 3.30. The molecule has 96 valence electrons. The maximum Gasteiger partial charge on any atom is 0.160 e. The number of ketones is 1. The molecule has 0 N–H and O–H groups in total. The van der Waals surface area contributed by atoms with Crippen molar-refractivity contribution in [1.29, 1.82) is 0 Å². The molecule has 0 spiro atoms. The highest BCUT2D eigenvalue weighted by Gasteiger charge is 2.23. The molecule has 0 atom stereocenters. The third-order valence-corrected chi connectivity index (χ3v) is 3.30. The molecular formula is C17H16O2. The molecule has 2 heteroatoms. The fraction of sp³-hybridized carbons (Fsp3) is 0.235. The van der Waals surface area contributed by atoms with Gasteiger partial charge in [0.15, 0.2) is 5.78 Å². The molecule has 2 aromatic carbocycles. The van der Waals surface area contributed by atoms with Crippen LogP contribution in [0.5, 0.6) is 5.75 Å². The monoisotopic (exact) mass is 252 g/mol. The lowest BCUT2D eigenvalue weighted by Crippen LogP contribution is -1.97. The van der Waals surface area contributed by atoms with Crippen molar-refractivity contribution in [3.63, 3.8) is 0 Å². The molecule has 0 unspecified atom stereocenters. The Morgan fingerprint density at radius 1 is 1.05 bits per heavy atom. The molecule has 0 saturated heterocycles. The zero-order valence-corrected chi connectivity index (χ0v) is 10.9. The third kappa shape index (κ3) is 2.68. The molecule has 2 nitrogen and oxygen atoms in total. The van der Waals surface area contributed by atoms with Crippen LogP contribution in [0.2, 0.25) is 0 Å². The van der Waals surface area contributed by atoms with Gasteiger partial charge in [-0.3, -0.25) is 4.79 Å². The normalized spacial score (nSPS) is 14.2. The van der Waals surface area contributed by atoms with Crippen LogP contribution in [0, 0.1) is 0 Å². The van der Waals surface area contributed by atoms with E-state index in [1.165, 1.54) is 0 Å². The van der Waals surface area contributed by atoms with E-state index in [9.17, 15) is 4.79 Å². The molecule has 1 aliphatic carbocycles. The number of rotatable bonds is 4. The summed E-state index contributed by atoms with van der Waals surface area (Å²) >= 11 is 0. The van der Waals surface area contributed by atoms with Gasteiger partial charge in [0.2, 0.25) is 0 Å². The predicted octanol–water partition coefficient (Wildman–Crippen LogP) is 4.10. The minimum atomic E-state index is 0.0916. The van der Waals surface area contributed by atoms with Gasteiger partial charge in [0.05, 0.1) is 6.10 Å². The highest BCUT2D eigenvalue weighted by atomic mass is 16.5. The number of ether oxygens (including phenoxy) is 1. The van der Waals surface area contributed by atoms with E-state index < -0.39 is 0 Å². The number of hydrogen-bond donors (Lipinski definition) is 0. The second-order valence-corrected chi connectivity index (χ2v) is 4.94. The minimum Gasteiger partial charge on any atom is -0.490 e. The van der Waals surface area contributed by atoms with E-state index in [0.717, 1.165) is 35.3 Å². The van der Waals surface area contributed by atoms with Gasteiger partial charge in [-0.2, -0.15) is 0 Å². The Bertz CT molecular complexity index is 595. The standard InChI is InChI=1S/C17H16O2/c1-12(18)16-4-2-3-5-17(16)13-6-8-14(9-7-13)19-15-10-11-15/h2-9,15H,10-11H2,1H3. The van der Waals surface area contributed by atoms with Crippen molar-refractivity contribution in [3.8, 4) is 16.9 Å². The molecule has 0 radical (unpaired) electrons. The fourth-order valence-electron chi connectivity index (χ4n) is 2.13. The lowest BCUT2D eigenvalue weighted by molar-refractivity contribution is 0.101. The number of Topliss-reactive ketones (excluding diaryl/α,β-unsaturated/α-hetero) is 1. The average molecular weight is 252 g/mol. The zero-order valence-electron chi connectivity index (χ0n) is 10.9. The Labute approximate surface area is 113 Å². The Hall–Kier alpha value is -2.09. The van der Waals surface area contributed by atoms with Crippen LogP contribution in [-0.2, 0) is 0 Å². The first-order valence-corrected chi connectivity index (χ1v) is 6.61. The summed E-state index contributed by atoms with van der Waals surface area (Å²) in [4.78, 5) is 11.6. The van der Waals surface area contributed by atoms with Gasteiger partial charge < -0.3 is 4.74 Å². The van der Waals surface area contributed by atoms with E-state index in [4.69, 9.17) is 4.74 Å². The topological polar surface area (TPSA) is 26.3 Å². The van der Waals surface area contributed by atoms with Crippen LogP contribution in [0.3, 0.4) is 0 Å². The first-order chi connectivity index (χ1) is 9.24. The molecule has 0 aromatic heterocycles. The molecule has 1 saturated carbocycles. The Morgan fingerprint density at radius 3 is 2.37 bits per heavy atom. The second kappa shape index (κ2) is 4.88. The molecule has 1 fully saturated rings. The summed E-state index contributed by atoms with van der Waals surface area (Å²) in [5.41, 5.74) is 2.79. The van der Waals surface area contributed by atoms with Gasteiger partial charge >= 0.3 is 0 Å². The highest BCUT2D eigenvalue weighted by Crippen LogP contribution is 2.29. The first kappa shape index (κ1) is 12.0. The molecule has 2 aromatic rings. The van der Waals surface area contributed by atoms with Crippen molar-refractivity contribution in [1.82, 2.24) is 0 Å². The van der Waals surface area contributed by atoms with E-state index in [1.807, 2.05) is 48.5 Å².